The molecule has 0 unspecified atom stereocenters. The third-order valence-electron chi connectivity index (χ3n) is 5.51. The average Bonchev–Trinajstić information content (AvgIpc) is 2.98. The lowest BCUT2D eigenvalue weighted by atomic mass is 10.1. The summed E-state index contributed by atoms with van der Waals surface area (Å²) in [7, 11) is 3.89. The van der Waals surface area contributed by atoms with Crippen molar-refractivity contribution >= 4 is 23.5 Å². The van der Waals surface area contributed by atoms with E-state index in [9.17, 15) is 14.4 Å². The lowest BCUT2D eigenvalue weighted by molar-refractivity contribution is -0.129. The number of anilines is 1. The van der Waals surface area contributed by atoms with E-state index in [-0.39, 0.29) is 30.9 Å². The van der Waals surface area contributed by atoms with E-state index >= 15 is 0 Å². The summed E-state index contributed by atoms with van der Waals surface area (Å²) in [5.41, 5.74) is 2.50. The number of imide groups is 1. The number of urea groups is 1. The van der Waals surface area contributed by atoms with E-state index in [4.69, 9.17) is 0 Å². The first-order valence-electron chi connectivity index (χ1n) is 9.68. The van der Waals surface area contributed by atoms with Crippen LogP contribution in [0.15, 0.2) is 54.6 Å². The Morgan fingerprint density at radius 2 is 1.69 bits per heavy atom. The maximum Gasteiger partial charge on any atom is 0.327 e. The number of carbonyl (C=O) groups is 3. The third kappa shape index (κ3) is 3.55. The van der Waals surface area contributed by atoms with Crippen molar-refractivity contribution in [1.29, 1.82) is 0 Å². The molecule has 2 fully saturated rings. The molecule has 7 heteroatoms. The monoisotopic (exact) mass is 392 g/mol. The Balaban J connectivity index is 1.47. The molecule has 0 radical (unpaired) electrons. The fourth-order valence-corrected chi connectivity index (χ4v) is 3.83. The van der Waals surface area contributed by atoms with Gasteiger partial charge >= 0.3 is 6.03 Å². The quantitative estimate of drug-likeness (QED) is 0.747. The Morgan fingerprint density at radius 3 is 2.34 bits per heavy atom. The van der Waals surface area contributed by atoms with Gasteiger partial charge in [-0.3, -0.25) is 14.5 Å². The first kappa shape index (κ1) is 19.0. The van der Waals surface area contributed by atoms with Crippen molar-refractivity contribution in [3.05, 3.63) is 65.7 Å². The van der Waals surface area contributed by atoms with Crippen molar-refractivity contribution in [1.82, 2.24) is 14.7 Å². The van der Waals surface area contributed by atoms with Crippen LogP contribution in [0.5, 0.6) is 0 Å². The van der Waals surface area contributed by atoms with Crippen LogP contribution in [0.3, 0.4) is 0 Å². The van der Waals surface area contributed by atoms with Crippen LogP contribution >= 0.6 is 0 Å². The van der Waals surface area contributed by atoms with Crippen LogP contribution in [0.4, 0.5) is 10.5 Å². The Morgan fingerprint density at radius 1 is 1.00 bits per heavy atom. The van der Waals surface area contributed by atoms with Crippen LogP contribution < -0.4 is 4.90 Å². The molecule has 0 N–H and O–H groups in total. The maximum atomic E-state index is 12.9. The van der Waals surface area contributed by atoms with Gasteiger partial charge in [0.05, 0.1) is 13.1 Å². The van der Waals surface area contributed by atoms with E-state index in [1.807, 2.05) is 61.5 Å². The number of hydrogen-bond acceptors (Lipinski definition) is 4. The lowest BCUT2D eigenvalue weighted by Gasteiger charge is -2.35. The molecule has 2 aromatic carbocycles. The summed E-state index contributed by atoms with van der Waals surface area (Å²) in [6.45, 7) is 1.26. The molecule has 29 heavy (non-hydrogen) atoms. The topological polar surface area (TPSA) is 64.2 Å². The summed E-state index contributed by atoms with van der Waals surface area (Å²) in [4.78, 5) is 45.1. The predicted octanol–water partition coefficient (Wildman–Crippen LogP) is 2.04. The molecule has 1 atom stereocenters. The first-order chi connectivity index (χ1) is 14.0. The van der Waals surface area contributed by atoms with Gasteiger partial charge in [0, 0.05) is 38.4 Å². The zero-order chi connectivity index (χ0) is 20.5. The molecule has 2 aliphatic rings. The highest BCUT2D eigenvalue weighted by atomic mass is 16.2. The third-order valence-corrected chi connectivity index (χ3v) is 5.51. The van der Waals surface area contributed by atoms with E-state index in [0.717, 1.165) is 11.3 Å². The van der Waals surface area contributed by atoms with Gasteiger partial charge in [-0.25, -0.2) is 4.79 Å². The molecule has 150 valence electrons. The van der Waals surface area contributed by atoms with E-state index in [0.29, 0.717) is 18.7 Å². The average molecular weight is 392 g/mol. The van der Waals surface area contributed by atoms with E-state index in [1.165, 1.54) is 4.90 Å². The zero-order valence-corrected chi connectivity index (χ0v) is 16.6. The van der Waals surface area contributed by atoms with Gasteiger partial charge in [-0.15, -0.1) is 0 Å². The van der Waals surface area contributed by atoms with Crippen LogP contribution in [0.25, 0.3) is 0 Å². The minimum atomic E-state index is -0.607. The second kappa shape index (κ2) is 7.58. The van der Waals surface area contributed by atoms with Crippen molar-refractivity contribution in [3.8, 4) is 0 Å². The van der Waals surface area contributed by atoms with Crippen molar-refractivity contribution in [2.45, 2.75) is 12.6 Å². The van der Waals surface area contributed by atoms with Crippen molar-refractivity contribution < 1.29 is 14.4 Å². The van der Waals surface area contributed by atoms with Crippen molar-refractivity contribution in [2.24, 2.45) is 0 Å². The smallest absolute Gasteiger partial charge is 0.327 e. The number of hydrogen-bond donors (Lipinski definition) is 0. The fourth-order valence-electron chi connectivity index (χ4n) is 3.83. The number of rotatable bonds is 4. The highest BCUT2D eigenvalue weighted by molar-refractivity contribution is 6.05. The molecule has 7 nitrogen and oxygen atoms in total. The van der Waals surface area contributed by atoms with Crippen LogP contribution in [-0.4, -0.2) is 72.3 Å². The van der Waals surface area contributed by atoms with Crippen LogP contribution in [0.2, 0.25) is 0 Å². The molecule has 2 saturated heterocycles. The van der Waals surface area contributed by atoms with Crippen LogP contribution in [0, 0.1) is 0 Å². The second-order valence-corrected chi connectivity index (χ2v) is 7.59. The summed E-state index contributed by atoms with van der Waals surface area (Å²) in [5, 5.41) is 0. The van der Waals surface area contributed by atoms with Gasteiger partial charge in [0.2, 0.25) is 0 Å². The summed E-state index contributed by atoms with van der Waals surface area (Å²) in [6.07, 6.45) is 0. The summed E-state index contributed by atoms with van der Waals surface area (Å²) in [5.74, 6) is -0.351. The van der Waals surface area contributed by atoms with E-state index < -0.39 is 6.04 Å². The first-order valence-corrected chi connectivity index (χ1v) is 9.68. The highest BCUT2D eigenvalue weighted by Gasteiger charge is 2.48. The molecule has 0 saturated carbocycles. The number of piperazine rings is 1. The van der Waals surface area contributed by atoms with E-state index in [1.54, 1.807) is 21.9 Å². The summed E-state index contributed by atoms with van der Waals surface area (Å²) >= 11 is 0. The Labute approximate surface area is 170 Å². The molecule has 2 aliphatic heterocycles. The largest absolute Gasteiger partial charge is 0.378 e. The normalized spacial score (nSPS) is 18.8. The molecular weight excluding hydrogens is 368 g/mol. The van der Waals surface area contributed by atoms with Gasteiger partial charge in [-0.1, -0.05) is 30.3 Å². The molecular formula is C22H24N4O3. The lowest BCUT2D eigenvalue weighted by Crippen LogP contribution is -2.54. The predicted molar refractivity (Wildman–Crippen MR) is 110 cm³/mol. The van der Waals surface area contributed by atoms with Gasteiger partial charge in [0.1, 0.15) is 6.04 Å². The Bertz CT molecular complexity index is 927. The molecule has 4 rings (SSSR count). The number of fused-ring (bicyclic) bond motifs is 1. The number of carbonyl (C=O) groups excluding carboxylic acids is 3. The number of benzene rings is 2. The fraction of sp³-hybridized carbons (Fsp3) is 0.318. The second-order valence-electron chi connectivity index (χ2n) is 7.59. The molecule has 0 aliphatic carbocycles. The highest BCUT2D eigenvalue weighted by Crippen LogP contribution is 2.25. The van der Waals surface area contributed by atoms with Gasteiger partial charge in [0.25, 0.3) is 11.8 Å². The Hall–Kier alpha value is -3.35. The van der Waals surface area contributed by atoms with Crippen molar-refractivity contribution in [3.63, 3.8) is 0 Å². The SMILES string of the molecule is CN(C)c1ccc(C(=O)N2CCN3C(=O)N(Cc4ccccc4)C(=O)[C@H]3C2)cc1. The molecule has 0 spiro atoms. The Kier molecular flexibility index (Phi) is 4.96. The van der Waals surface area contributed by atoms with Crippen LogP contribution in [-0.2, 0) is 11.3 Å². The maximum absolute atomic E-state index is 12.9. The molecule has 0 aromatic heterocycles. The van der Waals surface area contributed by atoms with Crippen LogP contribution in [0.1, 0.15) is 15.9 Å². The number of nitrogens with zero attached hydrogens (tertiary/aromatic N) is 4. The number of amides is 4. The van der Waals surface area contributed by atoms with Gasteiger partial charge in [0.15, 0.2) is 0 Å². The minimum Gasteiger partial charge on any atom is -0.378 e. The minimum absolute atomic E-state index is 0.114. The molecule has 4 amide bonds. The van der Waals surface area contributed by atoms with Gasteiger partial charge in [-0.05, 0) is 29.8 Å². The van der Waals surface area contributed by atoms with E-state index in [2.05, 4.69) is 0 Å². The molecule has 0 bridgehead atoms. The summed E-state index contributed by atoms with van der Waals surface area (Å²) in [6, 6.07) is 16.0. The van der Waals surface area contributed by atoms with Crippen molar-refractivity contribution in [2.75, 3.05) is 38.6 Å². The molecule has 2 heterocycles. The standard InChI is InChI=1S/C22H24N4O3/c1-23(2)18-10-8-17(9-11-18)20(27)24-12-13-25-19(15-24)21(28)26(22(25)29)14-16-6-4-3-5-7-16/h3-11,19H,12-15H2,1-2H3/t19-/m1/s1. The van der Waals surface area contributed by atoms with Gasteiger partial charge in [-0.2, -0.15) is 0 Å². The summed E-state index contributed by atoms with van der Waals surface area (Å²) < 4.78 is 0. The molecule has 2 aromatic rings. The zero-order valence-electron chi connectivity index (χ0n) is 16.6. The van der Waals surface area contributed by atoms with Gasteiger partial charge < -0.3 is 14.7 Å².